The van der Waals surface area contributed by atoms with Crippen LogP contribution in [-0.2, 0) is 0 Å². The fourth-order valence-corrected chi connectivity index (χ4v) is 2.02. The van der Waals surface area contributed by atoms with Crippen molar-refractivity contribution in [2.45, 2.75) is 6.92 Å². The van der Waals surface area contributed by atoms with Gasteiger partial charge in [0.2, 0.25) is 0 Å². The van der Waals surface area contributed by atoms with E-state index in [1.54, 1.807) is 42.5 Å². The number of carbonyl (C=O) groups is 2. The molecule has 0 aromatic heterocycles. The van der Waals surface area contributed by atoms with Crippen LogP contribution in [0.15, 0.2) is 42.5 Å². The van der Waals surface area contributed by atoms with Gasteiger partial charge in [-0.15, -0.1) is 0 Å². The quantitative estimate of drug-likeness (QED) is 0.852. The second kappa shape index (κ2) is 6.07. The van der Waals surface area contributed by atoms with Crippen LogP contribution >= 0.6 is 23.2 Å². The Labute approximate surface area is 126 Å². The summed E-state index contributed by atoms with van der Waals surface area (Å²) in [7, 11) is 0. The van der Waals surface area contributed by atoms with Gasteiger partial charge in [0, 0.05) is 21.2 Å². The van der Waals surface area contributed by atoms with Gasteiger partial charge in [0.1, 0.15) is 0 Å². The van der Waals surface area contributed by atoms with Crippen LogP contribution in [0.3, 0.4) is 0 Å². The lowest BCUT2D eigenvalue weighted by molar-refractivity contribution is 0.101. The molecule has 2 aromatic carbocycles. The zero-order valence-electron chi connectivity index (χ0n) is 10.6. The number of amides is 1. The van der Waals surface area contributed by atoms with Crippen molar-refractivity contribution in [2.75, 3.05) is 5.32 Å². The van der Waals surface area contributed by atoms with E-state index in [0.29, 0.717) is 26.9 Å². The number of nitrogens with one attached hydrogen (secondary N) is 1. The Balaban J connectivity index is 2.29. The Morgan fingerprint density at radius 2 is 1.55 bits per heavy atom. The Kier molecular flexibility index (Phi) is 4.42. The molecule has 1 amide bonds. The minimum Gasteiger partial charge on any atom is -0.321 e. The number of ketones is 1. The summed E-state index contributed by atoms with van der Waals surface area (Å²) in [6, 6.07) is 11.2. The predicted molar refractivity (Wildman–Crippen MR) is 80.9 cm³/mol. The zero-order chi connectivity index (χ0) is 14.7. The highest BCUT2D eigenvalue weighted by atomic mass is 35.5. The maximum absolute atomic E-state index is 12.1. The van der Waals surface area contributed by atoms with Crippen molar-refractivity contribution in [2.24, 2.45) is 0 Å². The largest absolute Gasteiger partial charge is 0.321 e. The van der Waals surface area contributed by atoms with Crippen molar-refractivity contribution in [1.82, 2.24) is 0 Å². The number of hydrogen-bond donors (Lipinski definition) is 1. The maximum atomic E-state index is 12.1. The fraction of sp³-hybridized carbons (Fsp3) is 0.0667. The van der Waals surface area contributed by atoms with E-state index in [-0.39, 0.29) is 11.7 Å². The second-order valence-electron chi connectivity index (χ2n) is 4.21. The Bertz CT molecular complexity index is 666. The molecule has 20 heavy (non-hydrogen) atoms. The predicted octanol–water partition coefficient (Wildman–Crippen LogP) is 4.45. The number of rotatable bonds is 3. The Hall–Kier alpha value is -1.84. The Morgan fingerprint density at radius 3 is 2.15 bits per heavy atom. The van der Waals surface area contributed by atoms with Gasteiger partial charge in [-0.25, -0.2) is 0 Å². The third-order valence-corrected chi connectivity index (χ3v) is 3.20. The van der Waals surface area contributed by atoms with Gasteiger partial charge in [0.25, 0.3) is 5.91 Å². The van der Waals surface area contributed by atoms with E-state index in [1.807, 2.05) is 0 Å². The van der Waals surface area contributed by atoms with Crippen molar-refractivity contribution < 1.29 is 9.59 Å². The molecule has 2 rings (SSSR count). The van der Waals surface area contributed by atoms with Crippen LogP contribution < -0.4 is 5.32 Å². The van der Waals surface area contributed by atoms with Crippen molar-refractivity contribution in [3.63, 3.8) is 0 Å². The summed E-state index contributed by atoms with van der Waals surface area (Å²) in [6.45, 7) is 1.43. The average Bonchev–Trinajstić information content (AvgIpc) is 2.39. The molecular formula is C15H11Cl2NO2. The minimum absolute atomic E-state index is 0.145. The van der Waals surface area contributed by atoms with Crippen LogP contribution in [0.5, 0.6) is 0 Å². The monoisotopic (exact) mass is 307 g/mol. The first-order chi connectivity index (χ1) is 9.47. The normalized spacial score (nSPS) is 10.2. The van der Waals surface area contributed by atoms with Gasteiger partial charge in [-0.3, -0.25) is 9.59 Å². The molecule has 2 aromatic rings. The molecule has 102 valence electrons. The summed E-state index contributed by atoms with van der Waals surface area (Å²) < 4.78 is 0. The van der Waals surface area contributed by atoms with Crippen molar-refractivity contribution in [3.8, 4) is 0 Å². The van der Waals surface area contributed by atoms with E-state index in [1.165, 1.54) is 6.92 Å². The smallest absolute Gasteiger partial charge is 0.255 e. The van der Waals surface area contributed by atoms with Gasteiger partial charge < -0.3 is 5.32 Å². The van der Waals surface area contributed by atoms with E-state index in [4.69, 9.17) is 23.2 Å². The zero-order valence-corrected chi connectivity index (χ0v) is 12.1. The number of hydrogen-bond acceptors (Lipinski definition) is 2. The fourth-order valence-electron chi connectivity index (χ4n) is 1.72. The summed E-state index contributed by atoms with van der Waals surface area (Å²) >= 11 is 11.7. The van der Waals surface area contributed by atoms with Crippen LogP contribution in [-0.4, -0.2) is 11.7 Å². The molecular weight excluding hydrogens is 297 g/mol. The van der Waals surface area contributed by atoms with Crippen molar-refractivity contribution >= 4 is 40.6 Å². The third-order valence-electron chi connectivity index (χ3n) is 2.72. The van der Waals surface area contributed by atoms with Crippen LogP contribution in [0.2, 0.25) is 10.0 Å². The number of halogens is 2. The van der Waals surface area contributed by atoms with Gasteiger partial charge in [-0.1, -0.05) is 23.2 Å². The Morgan fingerprint density at radius 1 is 0.950 bits per heavy atom. The first-order valence-electron chi connectivity index (χ1n) is 5.85. The summed E-state index contributed by atoms with van der Waals surface area (Å²) in [5, 5.41) is 3.68. The molecule has 0 saturated heterocycles. The molecule has 3 nitrogen and oxygen atoms in total. The molecule has 0 heterocycles. The van der Waals surface area contributed by atoms with Gasteiger partial charge in [0.15, 0.2) is 5.78 Å². The average molecular weight is 308 g/mol. The van der Waals surface area contributed by atoms with Crippen molar-refractivity contribution in [1.29, 1.82) is 0 Å². The highest BCUT2D eigenvalue weighted by molar-refractivity contribution is 6.31. The standard InChI is InChI=1S/C15H11Cl2NO2/c1-9(19)13-7-6-12(17)8-14(13)18-15(20)10-2-4-11(16)5-3-10/h2-8H,1H3,(H,18,20). The molecule has 1 N–H and O–H groups in total. The summed E-state index contributed by atoms with van der Waals surface area (Å²) in [6.07, 6.45) is 0. The lowest BCUT2D eigenvalue weighted by atomic mass is 10.1. The van der Waals surface area contributed by atoms with Gasteiger partial charge in [0.05, 0.1) is 5.69 Å². The van der Waals surface area contributed by atoms with E-state index >= 15 is 0 Å². The number of Topliss-reactive ketones (excluding diaryl/α,β-unsaturated/α-hetero) is 1. The van der Waals surface area contributed by atoms with E-state index in [0.717, 1.165) is 0 Å². The van der Waals surface area contributed by atoms with E-state index < -0.39 is 0 Å². The maximum Gasteiger partial charge on any atom is 0.255 e. The lowest BCUT2D eigenvalue weighted by Crippen LogP contribution is -2.14. The molecule has 0 aliphatic rings. The van der Waals surface area contributed by atoms with Crippen LogP contribution in [0.1, 0.15) is 27.6 Å². The number of carbonyl (C=O) groups excluding carboxylic acids is 2. The molecule has 0 spiro atoms. The molecule has 0 unspecified atom stereocenters. The number of benzene rings is 2. The summed E-state index contributed by atoms with van der Waals surface area (Å²) in [5.74, 6) is -0.473. The van der Waals surface area contributed by atoms with Crippen molar-refractivity contribution in [3.05, 3.63) is 63.6 Å². The molecule has 0 fully saturated rings. The molecule has 0 aliphatic heterocycles. The van der Waals surface area contributed by atoms with Gasteiger partial charge in [-0.2, -0.15) is 0 Å². The van der Waals surface area contributed by atoms with Crippen LogP contribution in [0, 0.1) is 0 Å². The molecule has 0 radical (unpaired) electrons. The molecule has 0 bridgehead atoms. The molecule has 5 heteroatoms. The second-order valence-corrected chi connectivity index (χ2v) is 5.08. The lowest BCUT2D eigenvalue weighted by Gasteiger charge is -2.09. The number of anilines is 1. The highest BCUT2D eigenvalue weighted by Crippen LogP contribution is 2.22. The molecule has 0 saturated carbocycles. The molecule has 0 aliphatic carbocycles. The summed E-state index contributed by atoms with van der Waals surface area (Å²) in [5.41, 5.74) is 1.26. The van der Waals surface area contributed by atoms with Gasteiger partial charge in [-0.05, 0) is 49.4 Å². The highest BCUT2D eigenvalue weighted by Gasteiger charge is 2.12. The SMILES string of the molecule is CC(=O)c1ccc(Cl)cc1NC(=O)c1ccc(Cl)cc1. The topological polar surface area (TPSA) is 46.2 Å². The first kappa shape index (κ1) is 14.6. The van der Waals surface area contributed by atoms with Gasteiger partial charge >= 0.3 is 0 Å². The summed E-state index contributed by atoms with van der Waals surface area (Å²) in [4.78, 5) is 23.6. The third kappa shape index (κ3) is 3.38. The molecule has 0 atom stereocenters. The first-order valence-corrected chi connectivity index (χ1v) is 6.60. The van der Waals surface area contributed by atoms with Crippen LogP contribution in [0.25, 0.3) is 0 Å². The van der Waals surface area contributed by atoms with Crippen LogP contribution in [0.4, 0.5) is 5.69 Å². The minimum atomic E-state index is -0.327. The van der Waals surface area contributed by atoms with E-state index in [2.05, 4.69) is 5.32 Å². The van der Waals surface area contributed by atoms with E-state index in [9.17, 15) is 9.59 Å².